The number of halogens is 1. The molecule has 1 aromatic heterocycles. The molecule has 7 nitrogen and oxygen atoms in total. The van der Waals surface area contributed by atoms with Gasteiger partial charge < -0.3 is 15.4 Å². The van der Waals surface area contributed by atoms with E-state index in [0.717, 1.165) is 0 Å². The second kappa shape index (κ2) is 10.9. The van der Waals surface area contributed by atoms with Gasteiger partial charge in [0.05, 0.1) is 18.3 Å². The number of rotatable bonds is 9. The van der Waals surface area contributed by atoms with Crippen molar-refractivity contribution in [2.24, 2.45) is 5.92 Å². The topological polar surface area (TPSA) is 83.6 Å². The number of pyridine rings is 1. The van der Waals surface area contributed by atoms with Gasteiger partial charge in [0.15, 0.2) is 0 Å². The number of benzene rings is 1. The zero-order valence-electron chi connectivity index (χ0n) is 18.0. The maximum Gasteiger partial charge on any atom is 0.242 e. The maximum atomic E-state index is 13.1. The van der Waals surface area contributed by atoms with Gasteiger partial charge in [-0.05, 0) is 57.1 Å². The molecule has 0 aliphatic rings. The highest BCUT2D eigenvalue weighted by atomic mass is 35.5. The molecule has 30 heavy (non-hydrogen) atoms. The van der Waals surface area contributed by atoms with Gasteiger partial charge in [-0.2, -0.15) is 4.98 Å². The van der Waals surface area contributed by atoms with Crippen LogP contribution in [0.1, 0.15) is 34.1 Å². The van der Waals surface area contributed by atoms with Crippen LogP contribution in [-0.4, -0.2) is 36.5 Å². The van der Waals surface area contributed by atoms with Crippen LogP contribution in [0.25, 0.3) is 0 Å². The van der Waals surface area contributed by atoms with Gasteiger partial charge in [0.1, 0.15) is 11.5 Å². The molecule has 2 amide bonds. The highest BCUT2D eigenvalue weighted by Gasteiger charge is 2.24. The van der Waals surface area contributed by atoms with E-state index in [1.54, 1.807) is 49.2 Å². The van der Waals surface area contributed by atoms with E-state index >= 15 is 0 Å². The van der Waals surface area contributed by atoms with E-state index < -0.39 is 0 Å². The summed E-state index contributed by atoms with van der Waals surface area (Å²) in [6, 6.07) is 10.1. The first-order valence-electron chi connectivity index (χ1n) is 9.97. The van der Waals surface area contributed by atoms with Crippen molar-refractivity contribution in [3.05, 3.63) is 41.4 Å². The Kier molecular flexibility index (Phi) is 8.62. The highest BCUT2D eigenvalue weighted by Crippen LogP contribution is 2.36. The first-order chi connectivity index (χ1) is 14.3. The number of nitrogens with zero attached hydrogens (tertiary/aromatic N) is 2. The monoisotopic (exact) mass is 432 g/mol. The van der Waals surface area contributed by atoms with Crippen LogP contribution in [0.4, 0.5) is 17.2 Å². The number of likely N-dealkylation sites (N-methyl/N-ethyl adjacent to an activating group) is 1. The lowest BCUT2D eigenvalue weighted by Crippen LogP contribution is -2.35. The average Bonchev–Trinajstić information content (AvgIpc) is 2.68. The molecule has 162 valence electrons. The van der Waals surface area contributed by atoms with Crippen molar-refractivity contribution in [2.75, 3.05) is 23.9 Å². The molecule has 8 heteroatoms. The summed E-state index contributed by atoms with van der Waals surface area (Å²) in [5.74, 6) is 0.448. The maximum absolute atomic E-state index is 13.1. The Morgan fingerprint density at radius 3 is 2.53 bits per heavy atom. The second-order valence-electron chi connectivity index (χ2n) is 7.26. The molecule has 2 rings (SSSR count). The molecular formula is C22H29ClN4O3. The standard InChI is InChI=1S/C22H29ClN4O3/c1-6-30-22-18(10-11-19(26-22)25-21(29)15(4)24-5)27(20(28)12-14(2)3)17-9-7-8-16(23)13-17/h7-11,13-15,24H,6,12H2,1-5H3,(H,25,26,29)/t15-/m0/s1. The quantitative estimate of drug-likeness (QED) is 0.613. The molecule has 1 aromatic carbocycles. The summed E-state index contributed by atoms with van der Waals surface area (Å²) in [5, 5.41) is 6.15. The van der Waals surface area contributed by atoms with Gasteiger partial charge in [-0.3, -0.25) is 14.5 Å². The van der Waals surface area contributed by atoms with E-state index in [1.807, 2.05) is 26.8 Å². The minimum Gasteiger partial charge on any atom is -0.476 e. The number of anilines is 3. The Hall–Kier alpha value is -2.64. The van der Waals surface area contributed by atoms with Crippen LogP contribution in [0.2, 0.25) is 5.02 Å². The van der Waals surface area contributed by atoms with Gasteiger partial charge in [0.25, 0.3) is 0 Å². The van der Waals surface area contributed by atoms with Gasteiger partial charge >= 0.3 is 0 Å². The Bertz CT molecular complexity index is 888. The number of hydrogen-bond donors (Lipinski definition) is 2. The Balaban J connectivity index is 2.50. The Labute approximate surface area is 182 Å². The zero-order valence-corrected chi connectivity index (χ0v) is 18.8. The van der Waals surface area contributed by atoms with Crippen LogP contribution in [0.5, 0.6) is 5.88 Å². The molecule has 2 aromatic rings. The molecule has 0 aliphatic carbocycles. The van der Waals surface area contributed by atoms with E-state index in [4.69, 9.17) is 16.3 Å². The third-order valence-corrected chi connectivity index (χ3v) is 4.57. The lowest BCUT2D eigenvalue weighted by molar-refractivity contribution is -0.119. The third kappa shape index (κ3) is 6.18. The van der Waals surface area contributed by atoms with Crippen LogP contribution < -0.4 is 20.3 Å². The van der Waals surface area contributed by atoms with Crippen molar-refractivity contribution in [3.8, 4) is 5.88 Å². The predicted octanol–water partition coefficient (Wildman–Crippen LogP) is 4.39. The number of hydrogen-bond acceptors (Lipinski definition) is 5. The van der Waals surface area contributed by atoms with Crippen molar-refractivity contribution in [1.82, 2.24) is 10.3 Å². The fraction of sp³-hybridized carbons (Fsp3) is 0.409. The van der Waals surface area contributed by atoms with Crippen LogP contribution in [0.15, 0.2) is 36.4 Å². The lowest BCUT2D eigenvalue weighted by Gasteiger charge is -2.26. The fourth-order valence-corrected chi connectivity index (χ4v) is 2.94. The number of carbonyl (C=O) groups is 2. The van der Waals surface area contributed by atoms with Crippen molar-refractivity contribution < 1.29 is 14.3 Å². The summed E-state index contributed by atoms with van der Waals surface area (Å²) < 4.78 is 5.73. The lowest BCUT2D eigenvalue weighted by atomic mass is 10.1. The van der Waals surface area contributed by atoms with E-state index in [-0.39, 0.29) is 29.7 Å². The van der Waals surface area contributed by atoms with Gasteiger partial charge in [-0.1, -0.05) is 31.5 Å². The number of aromatic nitrogens is 1. The summed E-state index contributed by atoms with van der Waals surface area (Å²) in [6.45, 7) is 7.90. The third-order valence-electron chi connectivity index (χ3n) is 4.34. The van der Waals surface area contributed by atoms with E-state index in [0.29, 0.717) is 35.2 Å². The van der Waals surface area contributed by atoms with Gasteiger partial charge in [0, 0.05) is 11.4 Å². The SMILES string of the molecule is CCOc1nc(NC(=O)[C@H](C)NC)ccc1N(C(=O)CC(C)C)c1cccc(Cl)c1. The molecule has 0 unspecified atom stereocenters. The second-order valence-corrected chi connectivity index (χ2v) is 7.70. The molecule has 0 radical (unpaired) electrons. The number of amides is 2. The summed E-state index contributed by atoms with van der Waals surface area (Å²) in [5.41, 5.74) is 1.11. The Morgan fingerprint density at radius 1 is 1.20 bits per heavy atom. The van der Waals surface area contributed by atoms with E-state index in [9.17, 15) is 9.59 Å². The average molecular weight is 433 g/mol. The van der Waals surface area contributed by atoms with Crippen LogP contribution in [0.3, 0.4) is 0 Å². The van der Waals surface area contributed by atoms with Crippen molar-refractivity contribution in [1.29, 1.82) is 0 Å². The molecule has 0 aliphatic heterocycles. The van der Waals surface area contributed by atoms with Crippen LogP contribution in [-0.2, 0) is 9.59 Å². The van der Waals surface area contributed by atoms with Crippen molar-refractivity contribution in [3.63, 3.8) is 0 Å². The van der Waals surface area contributed by atoms with Gasteiger partial charge in [0.2, 0.25) is 17.7 Å². The molecule has 1 heterocycles. The molecule has 1 atom stereocenters. The summed E-state index contributed by atoms with van der Waals surface area (Å²) >= 11 is 6.18. The number of carbonyl (C=O) groups excluding carboxylic acids is 2. The first-order valence-corrected chi connectivity index (χ1v) is 10.3. The molecule has 0 saturated carbocycles. The molecule has 0 fully saturated rings. The zero-order chi connectivity index (χ0) is 22.3. The smallest absolute Gasteiger partial charge is 0.242 e. The van der Waals surface area contributed by atoms with Gasteiger partial charge in [-0.15, -0.1) is 0 Å². The van der Waals surface area contributed by atoms with Crippen molar-refractivity contribution in [2.45, 2.75) is 40.2 Å². The van der Waals surface area contributed by atoms with Gasteiger partial charge in [-0.25, -0.2) is 0 Å². The number of ether oxygens (including phenoxy) is 1. The molecule has 2 N–H and O–H groups in total. The first kappa shape index (κ1) is 23.6. The minimum atomic E-state index is -0.377. The summed E-state index contributed by atoms with van der Waals surface area (Å²) in [6.07, 6.45) is 0.344. The van der Waals surface area contributed by atoms with Crippen LogP contribution >= 0.6 is 11.6 Å². The van der Waals surface area contributed by atoms with E-state index in [1.165, 1.54) is 0 Å². The summed E-state index contributed by atoms with van der Waals surface area (Å²) in [7, 11) is 1.70. The molecular weight excluding hydrogens is 404 g/mol. The fourth-order valence-electron chi connectivity index (χ4n) is 2.75. The highest BCUT2D eigenvalue weighted by molar-refractivity contribution is 6.31. The normalized spacial score (nSPS) is 11.8. The molecule has 0 bridgehead atoms. The molecule has 0 saturated heterocycles. The number of nitrogens with one attached hydrogen (secondary N) is 2. The Morgan fingerprint density at radius 2 is 1.93 bits per heavy atom. The summed E-state index contributed by atoms with van der Waals surface area (Å²) in [4.78, 5) is 31.3. The predicted molar refractivity (Wildman–Crippen MR) is 121 cm³/mol. The van der Waals surface area contributed by atoms with E-state index in [2.05, 4.69) is 15.6 Å². The molecule has 0 spiro atoms. The van der Waals surface area contributed by atoms with Crippen LogP contribution in [0, 0.1) is 5.92 Å². The van der Waals surface area contributed by atoms with Crippen molar-refractivity contribution >= 4 is 40.6 Å². The minimum absolute atomic E-state index is 0.101. The largest absolute Gasteiger partial charge is 0.476 e.